The Hall–Kier alpha value is 0.691. The molecular formula is C15H21Cl2SSiTi. The molecule has 1 aromatic rings. The summed E-state index contributed by atoms with van der Waals surface area (Å²) in [7, 11) is -1.44. The second kappa shape index (κ2) is 8.97. The average Bonchev–Trinajstić information content (AvgIpc) is 2.94. The van der Waals surface area contributed by atoms with E-state index in [-0.39, 0.29) is 24.8 Å². The second-order valence-corrected chi connectivity index (χ2v) is 12.0. The third kappa shape index (κ3) is 4.35. The van der Waals surface area contributed by atoms with E-state index in [1.165, 1.54) is 25.7 Å². The molecular weight excluding hydrogens is 359 g/mol. The van der Waals surface area contributed by atoms with Crippen LogP contribution in [0.25, 0.3) is 0 Å². The topological polar surface area (TPSA) is 0 Å². The van der Waals surface area contributed by atoms with Crippen molar-refractivity contribution in [2.45, 2.75) is 45.7 Å². The van der Waals surface area contributed by atoms with Gasteiger partial charge in [0, 0.05) is 0 Å². The molecule has 1 aromatic heterocycles. The van der Waals surface area contributed by atoms with Gasteiger partial charge in [-0.2, -0.15) is 0 Å². The fourth-order valence-corrected chi connectivity index (χ4v) is 9.49. The fourth-order valence-electron chi connectivity index (χ4n) is 2.66. The second-order valence-electron chi connectivity index (χ2n) is 5.50. The zero-order chi connectivity index (χ0) is 13.2. The van der Waals surface area contributed by atoms with Gasteiger partial charge in [-0.1, -0.05) is 0 Å². The number of allylic oxidation sites excluding steroid dienone is 4. The van der Waals surface area contributed by atoms with Gasteiger partial charge in [0.15, 0.2) is 0 Å². The molecule has 0 amide bonds. The molecule has 0 saturated carbocycles. The van der Waals surface area contributed by atoms with Crippen LogP contribution < -0.4 is 29.3 Å². The molecule has 1 heterocycles. The van der Waals surface area contributed by atoms with Gasteiger partial charge in [-0.3, -0.25) is 0 Å². The molecule has 2 rings (SSSR count). The van der Waals surface area contributed by atoms with Crippen LogP contribution in [0.4, 0.5) is 0 Å². The Morgan fingerprint density at radius 2 is 2.00 bits per heavy atom. The van der Waals surface area contributed by atoms with Crippen molar-refractivity contribution in [3.63, 3.8) is 0 Å². The van der Waals surface area contributed by atoms with Gasteiger partial charge >= 0.3 is 128 Å². The number of aryl methyl sites for hydroxylation is 1. The predicted octanol–water partition coefficient (Wildman–Crippen LogP) is -1.69. The third-order valence-electron chi connectivity index (χ3n) is 3.72. The molecule has 0 unspecified atom stereocenters. The van der Waals surface area contributed by atoms with Gasteiger partial charge in [0.1, 0.15) is 0 Å². The summed E-state index contributed by atoms with van der Waals surface area (Å²) in [4.78, 5) is 0. The van der Waals surface area contributed by atoms with Crippen molar-refractivity contribution in [1.29, 1.82) is 0 Å². The summed E-state index contributed by atoms with van der Waals surface area (Å²) in [6.07, 6.45) is 9.77. The van der Waals surface area contributed by atoms with Crippen molar-refractivity contribution in [1.82, 2.24) is 0 Å². The molecule has 1 aliphatic carbocycles. The molecule has 0 saturated heterocycles. The maximum Gasteiger partial charge on any atom is -1.00 e. The Labute approximate surface area is 152 Å². The maximum absolute atomic E-state index is 2.52. The van der Waals surface area contributed by atoms with Crippen molar-refractivity contribution in [3.05, 3.63) is 38.2 Å². The minimum absolute atomic E-state index is 0. The summed E-state index contributed by atoms with van der Waals surface area (Å²) in [6, 6.07) is 2.36. The Morgan fingerprint density at radius 3 is 2.55 bits per heavy atom. The van der Waals surface area contributed by atoms with Crippen molar-refractivity contribution < 1.29 is 45.2 Å². The van der Waals surface area contributed by atoms with Crippen LogP contribution in [-0.4, -0.2) is 8.07 Å². The van der Waals surface area contributed by atoms with E-state index in [1.807, 2.05) is 11.3 Å². The molecule has 0 radical (unpaired) electrons. The molecule has 20 heavy (non-hydrogen) atoms. The molecule has 0 bridgehead atoms. The van der Waals surface area contributed by atoms with Crippen LogP contribution >= 0.6 is 11.3 Å². The van der Waals surface area contributed by atoms with E-state index in [4.69, 9.17) is 0 Å². The molecule has 0 nitrogen and oxygen atoms in total. The number of rotatable bonds is 5. The van der Waals surface area contributed by atoms with Gasteiger partial charge in [0.2, 0.25) is 0 Å². The molecule has 0 fully saturated rings. The Morgan fingerprint density at radius 1 is 1.30 bits per heavy atom. The molecule has 0 aromatic carbocycles. The molecule has 109 valence electrons. The standard InChI is InChI=1S/C15H21SSi.2ClH.Ti/c1-4-5-8-13-11-12-16-15(13)17(2,3)14-9-6-7-10-14;;;/h6,9,11-12H,4-5,7-8H2,1-3H3;2*1H;/q;;;+2/p-2. The number of thiophene rings is 1. The van der Waals surface area contributed by atoms with Gasteiger partial charge in [-0.25, -0.2) is 0 Å². The van der Waals surface area contributed by atoms with E-state index in [1.54, 1.807) is 19.1 Å². The van der Waals surface area contributed by atoms with E-state index < -0.39 is 8.07 Å². The first-order valence-electron chi connectivity index (χ1n) is 6.76. The van der Waals surface area contributed by atoms with E-state index in [0.29, 0.717) is 0 Å². The number of hydrogen-bond acceptors (Lipinski definition) is 1. The van der Waals surface area contributed by atoms with Crippen LogP contribution in [0.2, 0.25) is 13.1 Å². The smallest absolute Gasteiger partial charge is 1.00 e. The van der Waals surface area contributed by atoms with Crippen LogP contribution in [0.15, 0.2) is 32.7 Å². The molecule has 0 atom stereocenters. The fraction of sp³-hybridized carbons (Fsp3) is 0.467. The molecule has 5 heteroatoms. The van der Waals surface area contributed by atoms with Gasteiger partial charge < -0.3 is 24.8 Å². The van der Waals surface area contributed by atoms with E-state index in [0.717, 1.165) is 0 Å². The average molecular weight is 380 g/mol. The minimum atomic E-state index is -1.44. The van der Waals surface area contributed by atoms with Gasteiger partial charge in [-0.15, -0.1) is 0 Å². The first-order chi connectivity index (χ1) is 8.57. The van der Waals surface area contributed by atoms with Crippen LogP contribution in [0.3, 0.4) is 0 Å². The Balaban J connectivity index is 0.00000180. The normalized spacial score (nSPS) is 14.2. The van der Waals surface area contributed by atoms with Crippen molar-refractivity contribution in [2.75, 3.05) is 0 Å². The first-order valence-corrected chi connectivity index (χ1v) is 11.4. The number of unbranched alkanes of at least 4 members (excludes halogenated alkanes) is 1. The molecule has 0 N–H and O–H groups in total. The molecule has 1 aliphatic rings. The van der Waals surface area contributed by atoms with Crippen LogP contribution in [0.5, 0.6) is 0 Å². The van der Waals surface area contributed by atoms with Crippen LogP contribution in [0, 0.1) is 0 Å². The monoisotopic (exact) mass is 379 g/mol. The van der Waals surface area contributed by atoms with E-state index in [9.17, 15) is 0 Å². The van der Waals surface area contributed by atoms with E-state index in [2.05, 4.69) is 64.1 Å². The van der Waals surface area contributed by atoms with Gasteiger partial charge in [0.25, 0.3) is 0 Å². The first kappa shape index (κ1) is 20.7. The van der Waals surface area contributed by atoms with E-state index >= 15 is 0 Å². The summed E-state index contributed by atoms with van der Waals surface area (Å²) in [5, 5.41) is 3.96. The molecule has 0 spiro atoms. The quantitative estimate of drug-likeness (QED) is 0.536. The van der Waals surface area contributed by atoms with Crippen LogP contribution in [0.1, 0.15) is 31.7 Å². The third-order valence-corrected chi connectivity index (χ3v) is 10.8. The Bertz CT molecular complexity index is 492. The van der Waals surface area contributed by atoms with Crippen molar-refractivity contribution >= 4 is 23.9 Å². The van der Waals surface area contributed by atoms with Gasteiger partial charge in [-0.05, 0) is 0 Å². The minimum Gasteiger partial charge on any atom is -1.00 e. The van der Waals surface area contributed by atoms with Crippen LogP contribution in [-0.2, 0) is 26.9 Å². The maximum atomic E-state index is 2.52. The summed E-state index contributed by atoms with van der Waals surface area (Å²) >= 11 is 4.30. The summed E-state index contributed by atoms with van der Waals surface area (Å²) < 4.78 is 3.30. The van der Waals surface area contributed by atoms with Crippen molar-refractivity contribution in [3.8, 4) is 0 Å². The Kier molecular flexibility index (Phi) is 9.28. The summed E-state index contributed by atoms with van der Waals surface area (Å²) in [5.41, 5.74) is 1.62. The number of hydrogen-bond donors (Lipinski definition) is 0. The van der Waals surface area contributed by atoms with Gasteiger partial charge in [0.05, 0.1) is 0 Å². The summed E-state index contributed by atoms with van der Waals surface area (Å²) in [6.45, 7) is 7.31. The zero-order valence-corrected chi connectivity index (χ0v) is 17.2. The summed E-state index contributed by atoms with van der Waals surface area (Å²) in [5.74, 6) is 0. The largest absolute Gasteiger partial charge is 1.00 e. The predicted molar refractivity (Wildman–Crippen MR) is 80.8 cm³/mol. The van der Waals surface area contributed by atoms with Crippen molar-refractivity contribution in [2.24, 2.45) is 0 Å². The number of halogens is 2. The molecule has 0 aliphatic heterocycles. The zero-order valence-electron chi connectivity index (χ0n) is 12.3. The SMILES string of the molecule is CCCCc1ccsc1[Si](C)(C)C1=[C]([Ti+2])CC=C1.[Cl-].[Cl-].